The van der Waals surface area contributed by atoms with Crippen molar-refractivity contribution in [3.8, 4) is 33.6 Å². The smallest absolute Gasteiger partial charge is 0.242 e. The molecule has 0 aliphatic rings. The Hall–Kier alpha value is -11.2. The van der Waals surface area contributed by atoms with Crippen LogP contribution in [-0.2, 0) is 4.12 Å². The van der Waals surface area contributed by atoms with Crippen LogP contribution in [0.15, 0.2) is 365 Å². The molecule has 0 radical (unpaired) electrons. The zero-order valence-corrected chi connectivity index (χ0v) is 58.9. The molecule has 0 aliphatic heterocycles. The first kappa shape index (κ1) is 62.9. The third-order valence-corrected chi connectivity index (χ3v) is 33.9. The summed E-state index contributed by atoms with van der Waals surface area (Å²) in [5, 5.41) is 15.6. The highest BCUT2D eigenvalue weighted by Crippen LogP contribution is 2.34. The highest BCUT2D eigenvalue weighted by molar-refractivity contribution is 7.20. The average Bonchev–Trinajstić information content (AvgIpc) is 1.15. The molecule has 472 valence electrons. The Kier molecular flexibility index (Phi) is 17.2. The second-order valence-corrected chi connectivity index (χ2v) is 37.1. The van der Waals surface area contributed by atoms with E-state index in [1.54, 1.807) is 0 Å². The van der Waals surface area contributed by atoms with E-state index in [1.807, 2.05) is 12.2 Å². The summed E-state index contributed by atoms with van der Waals surface area (Å²) in [5.74, 6) is 0. The molecule has 0 N–H and O–H groups in total. The molecule has 2 aromatic heterocycles. The van der Waals surface area contributed by atoms with Gasteiger partial charge in [-0.1, -0.05) is 340 Å². The molecule has 0 saturated carbocycles. The monoisotopic (exact) mass is 1310 g/mol. The van der Waals surface area contributed by atoms with Crippen LogP contribution < -0.4 is 41.5 Å². The SMILES string of the molecule is C=Cc1ccc(-c2ccc([Si](C)(O[Si](C)(c3ccccc3)c3ccc(-n4c5ccccc5c5ccccc54)cc3)c3ccccc3)cc2)cc1.C=Cc1ccc(-c2ccc([Si](c3ccc(C)cc3)(c3ccc(C)cc3)c3ccc(-n4c5ccccc5c5ccccc54)cc3)cc2)cc1. The second-order valence-electron chi connectivity index (χ2n) is 26.0. The molecule has 0 bridgehead atoms. The van der Waals surface area contributed by atoms with Crippen LogP contribution in [0.2, 0.25) is 13.1 Å². The van der Waals surface area contributed by atoms with Crippen molar-refractivity contribution >= 4 is 122 Å². The van der Waals surface area contributed by atoms with Crippen LogP contribution in [-0.4, -0.2) is 33.8 Å². The third kappa shape index (κ3) is 11.6. The topological polar surface area (TPSA) is 19.1 Å². The van der Waals surface area contributed by atoms with Crippen LogP contribution in [0.1, 0.15) is 22.3 Å². The maximum absolute atomic E-state index is 7.88. The summed E-state index contributed by atoms with van der Waals surface area (Å²) in [6.45, 7) is 16.9. The quantitative estimate of drug-likeness (QED) is 0.0697. The molecule has 0 fully saturated rings. The summed E-state index contributed by atoms with van der Waals surface area (Å²) in [4.78, 5) is 0. The van der Waals surface area contributed by atoms with Crippen LogP contribution in [0.5, 0.6) is 0 Å². The van der Waals surface area contributed by atoms with Crippen LogP contribution in [0.3, 0.4) is 0 Å². The summed E-state index contributed by atoms with van der Waals surface area (Å²) >= 11 is 0. The molecule has 0 aliphatic carbocycles. The maximum Gasteiger partial charge on any atom is 0.242 e. The molecule has 14 aromatic carbocycles. The van der Waals surface area contributed by atoms with Gasteiger partial charge < -0.3 is 13.2 Å². The Balaban J connectivity index is 0.000000160. The summed E-state index contributed by atoms with van der Waals surface area (Å²) in [6, 6.07) is 129. The van der Waals surface area contributed by atoms with Crippen molar-refractivity contribution in [3.05, 3.63) is 387 Å². The first-order chi connectivity index (χ1) is 48.0. The highest BCUT2D eigenvalue weighted by atomic mass is 28.4. The summed E-state index contributed by atoms with van der Waals surface area (Å²) in [5.41, 5.74) is 16.8. The maximum atomic E-state index is 7.88. The van der Waals surface area contributed by atoms with Crippen LogP contribution >= 0.6 is 0 Å². The molecule has 0 spiro atoms. The Labute approximate surface area is 579 Å². The van der Waals surface area contributed by atoms with Crippen LogP contribution in [0, 0.1) is 13.8 Å². The van der Waals surface area contributed by atoms with E-state index in [2.05, 4.69) is 401 Å². The number of benzene rings is 14. The molecule has 0 saturated heterocycles. The van der Waals surface area contributed by atoms with Gasteiger partial charge in [-0.2, -0.15) is 0 Å². The van der Waals surface area contributed by atoms with E-state index in [0.29, 0.717) is 0 Å². The van der Waals surface area contributed by atoms with Gasteiger partial charge in [-0.25, -0.2) is 0 Å². The summed E-state index contributed by atoms with van der Waals surface area (Å²) < 4.78 is 12.7. The molecule has 2 unspecified atom stereocenters. The van der Waals surface area contributed by atoms with E-state index in [0.717, 1.165) is 16.8 Å². The number of fused-ring (bicyclic) bond motifs is 6. The molecule has 16 aromatic rings. The number of hydrogen-bond donors (Lipinski definition) is 0. The first-order valence-electron chi connectivity index (χ1n) is 33.8. The van der Waals surface area contributed by atoms with Crippen molar-refractivity contribution in [3.63, 3.8) is 0 Å². The van der Waals surface area contributed by atoms with Crippen molar-refractivity contribution in [1.29, 1.82) is 0 Å². The lowest BCUT2D eigenvalue weighted by atomic mass is 10.0. The van der Waals surface area contributed by atoms with E-state index in [9.17, 15) is 0 Å². The molecule has 0 amide bonds. The van der Waals surface area contributed by atoms with Gasteiger partial charge in [0, 0.05) is 32.9 Å². The normalized spacial score (nSPS) is 12.8. The minimum Gasteiger partial charge on any atom is -0.442 e. The van der Waals surface area contributed by atoms with E-state index in [-0.39, 0.29) is 0 Å². The van der Waals surface area contributed by atoms with Gasteiger partial charge in [0.05, 0.1) is 22.1 Å². The zero-order chi connectivity index (χ0) is 66.8. The molecule has 6 heteroatoms. The van der Waals surface area contributed by atoms with Crippen molar-refractivity contribution in [2.24, 2.45) is 0 Å². The van der Waals surface area contributed by atoms with Crippen molar-refractivity contribution in [1.82, 2.24) is 9.13 Å². The largest absolute Gasteiger partial charge is 0.442 e. The number of aryl methyl sites for hydroxylation is 2. The lowest BCUT2D eigenvalue weighted by Crippen LogP contribution is -2.74. The van der Waals surface area contributed by atoms with Gasteiger partial charge in [0.15, 0.2) is 8.07 Å². The summed E-state index contributed by atoms with van der Waals surface area (Å²) in [7, 11) is -8.22. The minimum absolute atomic E-state index is 1.12. The van der Waals surface area contributed by atoms with Crippen molar-refractivity contribution in [2.75, 3.05) is 0 Å². The molecule has 3 nitrogen and oxygen atoms in total. The number of aromatic nitrogens is 2. The van der Waals surface area contributed by atoms with Gasteiger partial charge in [0.2, 0.25) is 16.6 Å². The van der Waals surface area contributed by atoms with E-state index < -0.39 is 24.7 Å². The Morgan fingerprint density at radius 2 is 0.490 bits per heavy atom. The van der Waals surface area contributed by atoms with Gasteiger partial charge in [0.1, 0.15) is 0 Å². The zero-order valence-electron chi connectivity index (χ0n) is 55.9. The number of nitrogens with zero attached hydrogens (tertiary/aromatic N) is 2. The lowest BCUT2D eigenvalue weighted by Gasteiger charge is -2.39. The summed E-state index contributed by atoms with van der Waals surface area (Å²) in [6.07, 6.45) is 3.77. The molecular weight excluding hydrogens is 1230 g/mol. The van der Waals surface area contributed by atoms with Crippen molar-refractivity contribution < 1.29 is 4.12 Å². The number of para-hydroxylation sites is 4. The van der Waals surface area contributed by atoms with Gasteiger partial charge in [-0.3, -0.25) is 0 Å². The van der Waals surface area contributed by atoms with Crippen LogP contribution in [0.4, 0.5) is 0 Å². The lowest BCUT2D eigenvalue weighted by molar-refractivity contribution is 0.587. The fourth-order valence-electron chi connectivity index (χ4n) is 14.8. The Bertz CT molecular complexity index is 5340. The standard InChI is InChI=1S/C46H39NOSi2.C46H37NSi/c1-4-35-23-25-36(26-24-35)37-27-31-41(32-28-37)49(2,39-15-7-5-8-16-39)48-50(3,40-17-9-6-10-18-40)42-33-29-38(30-34-42)47-45-21-13-11-19-43(45)44-20-12-14-22-46(44)47;1-4-35-17-19-36(20-18-35)37-21-29-41(30-22-37)48(39-25-13-33(2)14-26-39,40-27-15-34(3)16-28-40)42-31-23-38(24-32-42)47-45-11-7-5-9-43(45)44-10-6-8-12-46(44)47/h4-34H,1H2,2-3H3;4-32H,1H2,2-3H3. The van der Waals surface area contributed by atoms with Crippen LogP contribution in [0.25, 0.3) is 89.4 Å². The van der Waals surface area contributed by atoms with Crippen molar-refractivity contribution in [2.45, 2.75) is 26.9 Å². The Morgan fingerprint density at radius 3 is 0.796 bits per heavy atom. The van der Waals surface area contributed by atoms with E-state index in [4.69, 9.17) is 4.12 Å². The van der Waals surface area contributed by atoms with Gasteiger partial charge in [-0.05, 0) is 150 Å². The third-order valence-electron chi connectivity index (χ3n) is 20.1. The molecule has 98 heavy (non-hydrogen) atoms. The molecule has 2 heterocycles. The second kappa shape index (κ2) is 26.8. The van der Waals surface area contributed by atoms with E-state index >= 15 is 0 Å². The molecule has 16 rings (SSSR count). The minimum atomic E-state index is -2.76. The van der Waals surface area contributed by atoms with Gasteiger partial charge >= 0.3 is 0 Å². The number of hydrogen-bond acceptors (Lipinski definition) is 1. The van der Waals surface area contributed by atoms with Gasteiger partial charge in [0.25, 0.3) is 0 Å². The molecule has 2 atom stereocenters. The predicted octanol–water partition coefficient (Wildman–Crippen LogP) is 18.3. The number of rotatable bonds is 16. The average molecular weight is 1310 g/mol. The van der Waals surface area contributed by atoms with Gasteiger partial charge in [-0.15, -0.1) is 0 Å². The Morgan fingerprint density at radius 1 is 0.255 bits per heavy atom. The molecular formula is C92H76N2OSi3. The fraction of sp³-hybridized carbons (Fsp3) is 0.0435. The predicted molar refractivity (Wildman–Crippen MR) is 428 cm³/mol. The van der Waals surface area contributed by atoms with E-state index in [1.165, 1.54) is 124 Å². The first-order valence-corrected chi connectivity index (χ1v) is 40.7. The highest BCUT2D eigenvalue weighted by Gasteiger charge is 2.46. The fourth-order valence-corrected chi connectivity index (χ4v) is 28.6.